The van der Waals surface area contributed by atoms with Crippen molar-refractivity contribution in [3.8, 4) is 5.75 Å². The number of methoxy groups -OCH3 is 1. The number of benzene rings is 1. The SMILES string of the molecule is COc1ccc(CN(C)CC(=O)N(C)C)cc1F. The molecule has 0 aliphatic heterocycles. The first-order valence-electron chi connectivity index (χ1n) is 5.65. The van der Waals surface area contributed by atoms with Crippen molar-refractivity contribution < 1.29 is 13.9 Å². The molecule has 0 aliphatic rings. The van der Waals surface area contributed by atoms with Crippen LogP contribution in [0.5, 0.6) is 5.75 Å². The minimum Gasteiger partial charge on any atom is -0.494 e. The van der Waals surface area contributed by atoms with Crippen LogP contribution in [0.4, 0.5) is 4.39 Å². The number of nitrogens with zero attached hydrogens (tertiary/aromatic N) is 2. The lowest BCUT2D eigenvalue weighted by Crippen LogP contribution is -2.34. The lowest BCUT2D eigenvalue weighted by Gasteiger charge is -2.19. The number of amides is 1. The van der Waals surface area contributed by atoms with E-state index in [1.54, 1.807) is 26.2 Å². The van der Waals surface area contributed by atoms with Gasteiger partial charge in [-0.1, -0.05) is 6.07 Å². The molecule has 0 aliphatic carbocycles. The van der Waals surface area contributed by atoms with Crippen molar-refractivity contribution in [1.29, 1.82) is 0 Å². The van der Waals surface area contributed by atoms with Gasteiger partial charge in [-0.15, -0.1) is 0 Å². The second kappa shape index (κ2) is 6.35. The molecule has 1 rings (SSSR count). The zero-order valence-electron chi connectivity index (χ0n) is 11.2. The van der Waals surface area contributed by atoms with Gasteiger partial charge in [0, 0.05) is 20.6 Å². The molecule has 0 heterocycles. The van der Waals surface area contributed by atoms with Gasteiger partial charge in [0.1, 0.15) is 0 Å². The number of hydrogen-bond donors (Lipinski definition) is 0. The van der Waals surface area contributed by atoms with Crippen LogP contribution in [0, 0.1) is 5.82 Å². The third kappa shape index (κ3) is 4.00. The van der Waals surface area contributed by atoms with E-state index in [1.807, 2.05) is 11.9 Å². The van der Waals surface area contributed by atoms with Gasteiger partial charge in [0.2, 0.25) is 5.91 Å². The number of hydrogen-bond acceptors (Lipinski definition) is 3. The molecular formula is C13H19FN2O2. The molecule has 0 fully saturated rings. The molecule has 0 bridgehead atoms. The van der Waals surface area contributed by atoms with E-state index < -0.39 is 0 Å². The maximum Gasteiger partial charge on any atom is 0.236 e. The summed E-state index contributed by atoms with van der Waals surface area (Å²) in [5.41, 5.74) is 0.808. The monoisotopic (exact) mass is 254 g/mol. The van der Waals surface area contributed by atoms with Gasteiger partial charge in [0.05, 0.1) is 13.7 Å². The first-order chi connectivity index (χ1) is 8.43. The quantitative estimate of drug-likeness (QED) is 0.795. The highest BCUT2D eigenvalue weighted by atomic mass is 19.1. The van der Waals surface area contributed by atoms with Crippen molar-refractivity contribution in [3.05, 3.63) is 29.6 Å². The summed E-state index contributed by atoms with van der Waals surface area (Å²) in [6.45, 7) is 0.821. The van der Waals surface area contributed by atoms with E-state index >= 15 is 0 Å². The Hall–Kier alpha value is -1.62. The summed E-state index contributed by atoms with van der Waals surface area (Å²) in [5, 5.41) is 0. The van der Waals surface area contributed by atoms with E-state index in [1.165, 1.54) is 18.1 Å². The maximum atomic E-state index is 13.5. The number of carbonyl (C=O) groups excluding carboxylic acids is 1. The van der Waals surface area contributed by atoms with Crippen LogP contribution in [0.25, 0.3) is 0 Å². The largest absolute Gasteiger partial charge is 0.494 e. The zero-order valence-corrected chi connectivity index (χ0v) is 11.2. The summed E-state index contributed by atoms with van der Waals surface area (Å²) in [6.07, 6.45) is 0. The Morgan fingerprint density at radius 3 is 2.50 bits per heavy atom. The fraction of sp³-hybridized carbons (Fsp3) is 0.462. The molecule has 0 saturated heterocycles. The lowest BCUT2D eigenvalue weighted by atomic mass is 10.2. The van der Waals surface area contributed by atoms with Crippen LogP contribution >= 0.6 is 0 Å². The highest BCUT2D eigenvalue weighted by Gasteiger charge is 2.10. The Kier molecular flexibility index (Phi) is 5.09. The molecule has 18 heavy (non-hydrogen) atoms. The van der Waals surface area contributed by atoms with Gasteiger partial charge in [0.15, 0.2) is 11.6 Å². The Balaban J connectivity index is 2.62. The molecule has 0 radical (unpaired) electrons. The van der Waals surface area contributed by atoms with Gasteiger partial charge >= 0.3 is 0 Å². The summed E-state index contributed by atoms with van der Waals surface area (Å²) in [5.74, 6) is -0.139. The minimum atomic E-state index is -0.387. The molecular weight excluding hydrogens is 235 g/mol. The third-order valence-corrected chi connectivity index (χ3v) is 2.57. The Labute approximate surface area is 107 Å². The van der Waals surface area contributed by atoms with E-state index in [9.17, 15) is 9.18 Å². The van der Waals surface area contributed by atoms with Gasteiger partial charge in [-0.05, 0) is 24.7 Å². The van der Waals surface area contributed by atoms with E-state index in [-0.39, 0.29) is 17.5 Å². The minimum absolute atomic E-state index is 0.0199. The number of carbonyl (C=O) groups is 1. The molecule has 100 valence electrons. The first kappa shape index (κ1) is 14.4. The third-order valence-electron chi connectivity index (χ3n) is 2.57. The number of ether oxygens (including phenoxy) is 1. The van der Waals surface area contributed by atoms with Crippen molar-refractivity contribution in [3.63, 3.8) is 0 Å². The highest BCUT2D eigenvalue weighted by molar-refractivity contribution is 5.77. The summed E-state index contributed by atoms with van der Waals surface area (Å²) in [4.78, 5) is 14.9. The Morgan fingerprint density at radius 2 is 2.00 bits per heavy atom. The van der Waals surface area contributed by atoms with Gasteiger partial charge in [-0.3, -0.25) is 9.69 Å². The normalized spacial score (nSPS) is 10.6. The first-order valence-corrected chi connectivity index (χ1v) is 5.65. The topological polar surface area (TPSA) is 32.8 Å². The lowest BCUT2D eigenvalue weighted by molar-refractivity contribution is -0.129. The Bertz CT molecular complexity index is 421. The average molecular weight is 254 g/mol. The molecule has 1 amide bonds. The van der Waals surface area contributed by atoms with Crippen molar-refractivity contribution >= 4 is 5.91 Å². The Morgan fingerprint density at radius 1 is 1.33 bits per heavy atom. The molecule has 0 spiro atoms. The van der Waals surface area contributed by atoms with Gasteiger partial charge in [0.25, 0.3) is 0 Å². The predicted octanol–water partition coefficient (Wildman–Crippen LogP) is 1.35. The predicted molar refractivity (Wildman–Crippen MR) is 68.0 cm³/mol. The fourth-order valence-corrected chi connectivity index (χ4v) is 1.55. The zero-order chi connectivity index (χ0) is 13.7. The molecule has 5 heteroatoms. The second-order valence-corrected chi connectivity index (χ2v) is 4.43. The van der Waals surface area contributed by atoms with Gasteiger partial charge in [-0.2, -0.15) is 0 Å². The van der Waals surface area contributed by atoms with E-state index in [0.717, 1.165) is 5.56 Å². The molecule has 0 N–H and O–H groups in total. The second-order valence-electron chi connectivity index (χ2n) is 4.43. The molecule has 1 aromatic rings. The average Bonchev–Trinajstić information content (AvgIpc) is 2.28. The molecule has 4 nitrogen and oxygen atoms in total. The van der Waals surface area contributed by atoms with Crippen molar-refractivity contribution in [2.75, 3.05) is 34.8 Å². The highest BCUT2D eigenvalue weighted by Crippen LogP contribution is 2.18. The van der Waals surface area contributed by atoms with E-state index in [0.29, 0.717) is 13.1 Å². The number of rotatable bonds is 5. The van der Waals surface area contributed by atoms with Crippen LogP contribution < -0.4 is 4.74 Å². The molecule has 0 unspecified atom stereocenters. The molecule has 0 saturated carbocycles. The number of likely N-dealkylation sites (N-methyl/N-ethyl adjacent to an activating group) is 2. The number of halogens is 1. The maximum absolute atomic E-state index is 13.5. The fourth-order valence-electron chi connectivity index (χ4n) is 1.55. The van der Waals surface area contributed by atoms with Crippen LogP contribution in [-0.2, 0) is 11.3 Å². The standard InChI is InChI=1S/C13H19FN2O2/c1-15(2)13(17)9-16(3)8-10-5-6-12(18-4)11(14)7-10/h5-7H,8-9H2,1-4H3. The summed E-state index contributed by atoms with van der Waals surface area (Å²) in [6, 6.07) is 4.81. The van der Waals surface area contributed by atoms with Crippen LogP contribution in [0.2, 0.25) is 0 Å². The van der Waals surface area contributed by atoms with Crippen LogP contribution in [0.15, 0.2) is 18.2 Å². The van der Waals surface area contributed by atoms with Crippen LogP contribution in [0.1, 0.15) is 5.56 Å². The van der Waals surface area contributed by atoms with Crippen molar-refractivity contribution in [2.45, 2.75) is 6.54 Å². The van der Waals surface area contributed by atoms with E-state index in [2.05, 4.69) is 0 Å². The van der Waals surface area contributed by atoms with E-state index in [4.69, 9.17) is 4.74 Å². The van der Waals surface area contributed by atoms with Crippen molar-refractivity contribution in [2.24, 2.45) is 0 Å². The molecule has 0 aromatic heterocycles. The van der Waals surface area contributed by atoms with Gasteiger partial charge in [-0.25, -0.2) is 4.39 Å². The van der Waals surface area contributed by atoms with Crippen LogP contribution in [-0.4, -0.2) is 50.5 Å². The summed E-state index contributed by atoms with van der Waals surface area (Å²) in [7, 11) is 6.68. The van der Waals surface area contributed by atoms with Gasteiger partial charge < -0.3 is 9.64 Å². The smallest absolute Gasteiger partial charge is 0.236 e. The molecule has 0 atom stereocenters. The summed E-state index contributed by atoms with van der Waals surface area (Å²) < 4.78 is 18.3. The molecule has 1 aromatic carbocycles. The van der Waals surface area contributed by atoms with Crippen LogP contribution in [0.3, 0.4) is 0 Å². The van der Waals surface area contributed by atoms with Crippen molar-refractivity contribution in [1.82, 2.24) is 9.80 Å². The summed E-state index contributed by atoms with van der Waals surface area (Å²) >= 11 is 0.